The molecule has 0 spiro atoms. The number of ether oxygens (including phenoxy) is 1. The van der Waals surface area contributed by atoms with Crippen molar-refractivity contribution in [1.29, 1.82) is 0 Å². The molecule has 27 heavy (non-hydrogen) atoms. The van der Waals surface area contributed by atoms with E-state index < -0.39 is 28.4 Å². The number of piperazine rings is 1. The monoisotopic (exact) mass is 445 g/mol. The van der Waals surface area contributed by atoms with Crippen molar-refractivity contribution < 1.29 is 54.5 Å². The van der Waals surface area contributed by atoms with Crippen LogP contribution < -0.4 is 0 Å². The van der Waals surface area contributed by atoms with E-state index in [1.165, 1.54) is 12.1 Å². The maximum atomic E-state index is 12.4. The first-order chi connectivity index (χ1) is 11.7. The van der Waals surface area contributed by atoms with Gasteiger partial charge in [0.15, 0.2) is 0 Å². The number of halogens is 3. The van der Waals surface area contributed by atoms with Crippen molar-refractivity contribution in [3.63, 3.8) is 0 Å². The molecule has 1 atom stereocenters. The van der Waals surface area contributed by atoms with Crippen LogP contribution in [-0.4, -0.2) is 68.5 Å². The second-order valence-electron chi connectivity index (χ2n) is 5.13. The quantitative estimate of drug-likeness (QED) is 0.658. The summed E-state index contributed by atoms with van der Waals surface area (Å²) in [5, 5.41) is 0. The summed E-state index contributed by atoms with van der Waals surface area (Å²) in [5.41, 5.74) is 0. The number of nitrogens with zero attached hydrogens (tertiary/aromatic N) is 2. The standard InChI is InChI=1S/C14H14F3N2O5S.CH3.V/c15-14(16,17)12(10-20)24-13(21)18-6-8-19(9-7-18)25(22,23)11-4-2-1-3-5-11;;/h1-5,12H,6-9H2;1H3;/q2*-1;+2. The summed E-state index contributed by atoms with van der Waals surface area (Å²) in [4.78, 5) is 23.0. The Morgan fingerprint density at radius 1 is 1.11 bits per heavy atom. The Morgan fingerprint density at radius 2 is 1.63 bits per heavy atom. The minimum Gasteiger partial charge on any atom is -0.538 e. The number of alkyl halides is 3. The zero-order valence-corrected chi connectivity index (χ0v) is 16.4. The molecule has 0 bridgehead atoms. The number of amides is 1. The van der Waals surface area contributed by atoms with E-state index in [1.807, 2.05) is 0 Å². The predicted octanol–water partition coefficient (Wildman–Crippen LogP) is 1.62. The number of carbonyl (C=O) groups is 1. The molecule has 1 unspecified atom stereocenters. The smallest absolute Gasteiger partial charge is 0.538 e. The summed E-state index contributed by atoms with van der Waals surface area (Å²) in [6.45, 7) is -0.524. The van der Waals surface area contributed by atoms with Crippen molar-refractivity contribution >= 4 is 22.4 Å². The summed E-state index contributed by atoms with van der Waals surface area (Å²) in [7, 11) is -3.75. The fraction of sp³-hybridized carbons (Fsp3) is 0.400. The fourth-order valence-corrected chi connectivity index (χ4v) is 3.63. The van der Waals surface area contributed by atoms with E-state index >= 15 is 0 Å². The fourth-order valence-electron chi connectivity index (χ4n) is 2.19. The maximum Gasteiger partial charge on any atom is 2.00 e. The average Bonchev–Trinajstić information content (AvgIpc) is 2.59. The Hall–Kier alpha value is -1.56. The number of sulfonamides is 1. The molecule has 1 fully saturated rings. The molecule has 1 amide bonds. The molecule has 1 saturated heterocycles. The Balaban J connectivity index is 0.00000338. The summed E-state index contributed by atoms with van der Waals surface area (Å²) < 4.78 is 67.2. The van der Waals surface area contributed by atoms with Crippen molar-refractivity contribution in [2.75, 3.05) is 26.2 Å². The molecule has 7 nitrogen and oxygen atoms in total. The van der Waals surface area contributed by atoms with Gasteiger partial charge in [-0.05, 0) is 12.1 Å². The van der Waals surface area contributed by atoms with Gasteiger partial charge in [0.1, 0.15) is 6.10 Å². The Labute approximate surface area is 167 Å². The molecule has 1 radical (unpaired) electrons. The van der Waals surface area contributed by atoms with E-state index in [1.54, 1.807) is 18.2 Å². The molecule has 2 rings (SSSR count). The molecule has 0 N–H and O–H groups in total. The zero-order valence-electron chi connectivity index (χ0n) is 14.2. The molecule has 1 aliphatic rings. The van der Waals surface area contributed by atoms with Gasteiger partial charge < -0.3 is 21.9 Å². The van der Waals surface area contributed by atoms with Gasteiger partial charge in [-0.2, -0.15) is 17.5 Å². The van der Waals surface area contributed by atoms with Crippen LogP contribution in [0.3, 0.4) is 0 Å². The Kier molecular flexibility index (Phi) is 9.53. The van der Waals surface area contributed by atoms with Gasteiger partial charge in [-0.1, -0.05) is 18.2 Å². The normalized spacial score (nSPS) is 16.5. The summed E-state index contributed by atoms with van der Waals surface area (Å²) in [6, 6.07) is 7.63. The van der Waals surface area contributed by atoms with Crippen LogP contribution in [0.25, 0.3) is 0 Å². The average molecular weight is 445 g/mol. The summed E-state index contributed by atoms with van der Waals surface area (Å²) >= 11 is 0. The molecule has 1 aliphatic heterocycles. The third-order valence-electron chi connectivity index (χ3n) is 3.50. The van der Waals surface area contributed by atoms with Crippen LogP contribution in [0, 0.1) is 7.43 Å². The topological polar surface area (TPSA) is 84.0 Å². The third-order valence-corrected chi connectivity index (χ3v) is 5.41. The first kappa shape index (κ1) is 25.4. The van der Waals surface area contributed by atoms with Gasteiger partial charge in [-0.15, -0.1) is 0 Å². The Morgan fingerprint density at radius 3 is 2.07 bits per heavy atom. The van der Waals surface area contributed by atoms with Gasteiger partial charge in [0.25, 0.3) is 0 Å². The minimum atomic E-state index is -5.05. The van der Waals surface area contributed by atoms with Crippen molar-refractivity contribution in [2.45, 2.75) is 17.2 Å². The molecule has 1 aromatic rings. The van der Waals surface area contributed by atoms with Crippen LogP contribution in [0.5, 0.6) is 0 Å². The van der Waals surface area contributed by atoms with Gasteiger partial charge in [0.2, 0.25) is 10.0 Å². The van der Waals surface area contributed by atoms with Gasteiger partial charge in [-0.25, -0.2) is 19.5 Å². The number of hydrogen-bond donors (Lipinski definition) is 0. The van der Waals surface area contributed by atoms with Gasteiger partial charge in [0, 0.05) is 26.2 Å². The molecule has 149 valence electrons. The Bertz CT molecular complexity index is 723. The van der Waals surface area contributed by atoms with E-state index in [2.05, 4.69) is 4.74 Å². The SMILES string of the molecule is O=[C-]C(OC(=O)N1CCN(S(=O)(=O)c2ccccc2)CC1)C(F)(F)F.[CH3-].[V+2]. The molecule has 0 aromatic heterocycles. The van der Waals surface area contributed by atoms with Crippen LogP contribution in [0.4, 0.5) is 18.0 Å². The maximum absolute atomic E-state index is 12.4. The van der Waals surface area contributed by atoms with E-state index in [9.17, 15) is 31.2 Å². The molecular weight excluding hydrogens is 428 g/mol. The van der Waals surface area contributed by atoms with E-state index in [0.717, 1.165) is 9.21 Å². The summed E-state index contributed by atoms with van der Waals surface area (Å²) in [6.07, 6.45) is -8.74. The van der Waals surface area contributed by atoms with Gasteiger partial charge in [0.05, 0.1) is 4.90 Å². The number of carbonyl (C=O) groups excluding carboxylic acids is 2. The second kappa shape index (κ2) is 10.1. The van der Waals surface area contributed by atoms with Crippen molar-refractivity contribution in [3.8, 4) is 0 Å². The van der Waals surface area contributed by atoms with Gasteiger partial charge >= 0.3 is 30.8 Å². The number of benzene rings is 1. The third kappa shape index (κ3) is 6.23. The van der Waals surface area contributed by atoms with Crippen molar-refractivity contribution in [1.82, 2.24) is 9.21 Å². The van der Waals surface area contributed by atoms with Crippen LogP contribution in [0.2, 0.25) is 0 Å². The zero-order chi connectivity index (χ0) is 18.7. The predicted molar refractivity (Wildman–Crippen MR) is 85.2 cm³/mol. The molecule has 1 aromatic carbocycles. The largest absolute Gasteiger partial charge is 2.00 e. The van der Waals surface area contributed by atoms with Crippen LogP contribution in [0.1, 0.15) is 0 Å². The first-order valence-corrected chi connectivity index (χ1v) is 8.55. The molecule has 12 heteroatoms. The number of hydrogen-bond acceptors (Lipinski definition) is 5. The van der Waals surface area contributed by atoms with Crippen LogP contribution in [-0.2, 0) is 38.1 Å². The van der Waals surface area contributed by atoms with E-state index in [4.69, 9.17) is 0 Å². The minimum absolute atomic E-state index is 0. The van der Waals surface area contributed by atoms with Crippen molar-refractivity contribution in [3.05, 3.63) is 37.8 Å². The summed E-state index contributed by atoms with van der Waals surface area (Å²) in [5.74, 6) is 0. The molecule has 0 saturated carbocycles. The molecular formula is C15H17F3N2O5SV. The van der Waals surface area contributed by atoms with Gasteiger partial charge in [-0.3, -0.25) is 0 Å². The van der Waals surface area contributed by atoms with E-state index in [0.29, 0.717) is 6.29 Å². The van der Waals surface area contributed by atoms with E-state index in [-0.39, 0.29) is 57.1 Å². The first-order valence-electron chi connectivity index (χ1n) is 7.11. The number of rotatable bonds is 4. The van der Waals surface area contributed by atoms with Crippen molar-refractivity contribution in [2.24, 2.45) is 0 Å². The van der Waals surface area contributed by atoms with Crippen LogP contribution >= 0.6 is 0 Å². The molecule has 1 heterocycles. The molecule has 0 aliphatic carbocycles. The van der Waals surface area contributed by atoms with Crippen LogP contribution in [0.15, 0.2) is 35.2 Å². The second-order valence-corrected chi connectivity index (χ2v) is 7.07.